The molecular formula is C14H16N2O2S. The topological polar surface area (TPSA) is 66.0 Å². The predicted molar refractivity (Wildman–Crippen MR) is 77.7 cm³/mol. The molecule has 0 unspecified atom stereocenters. The highest BCUT2D eigenvalue weighted by molar-refractivity contribution is 7.99. The highest BCUT2D eigenvalue weighted by Gasteiger charge is 2.09. The number of nitrogens with zero attached hydrogens (tertiary/aromatic N) is 1. The molecule has 2 rings (SSSR count). The van der Waals surface area contributed by atoms with E-state index in [-0.39, 0.29) is 11.4 Å². The Labute approximate surface area is 115 Å². The number of rotatable bonds is 4. The van der Waals surface area contributed by atoms with Crippen molar-refractivity contribution in [3.05, 3.63) is 40.2 Å². The third-order valence-electron chi connectivity index (χ3n) is 2.79. The van der Waals surface area contributed by atoms with Crippen LogP contribution in [0, 0.1) is 0 Å². The van der Waals surface area contributed by atoms with Crippen LogP contribution >= 0.6 is 11.8 Å². The molecule has 100 valence electrons. The molecule has 2 aromatic rings. The second-order valence-electron chi connectivity index (χ2n) is 4.03. The summed E-state index contributed by atoms with van der Waals surface area (Å²) in [5.41, 5.74) is 0.828. The third kappa shape index (κ3) is 2.98. The van der Waals surface area contributed by atoms with Gasteiger partial charge in [-0.3, -0.25) is 4.79 Å². The zero-order valence-corrected chi connectivity index (χ0v) is 11.8. The van der Waals surface area contributed by atoms with Gasteiger partial charge in [0.15, 0.2) is 0 Å². The van der Waals surface area contributed by atoms with Crippen LogP contribution in [0.3, 0.4) is 0 Å². The van der Waals surface area contributed by atoms with Gasteiger partial charge < -0.3 is 10.1 Å². The standard InChI is InChI=1S/C14H16N2O2S/c1-3-11-13(17)15-12(16-14(11)18)9-5-7-10(8-6-9)19-4-2/h5-8H,3-4H2,1-2H3,(H2,15,16,17,18). The summed E-state index contributed by atoms with van der Waals surface area (Å²) >= 11 is 1.75. The van der Waals surface area contributed by atoms with Crippen molar-refractivity contribution in [2.45, 2.75) is 25.2 Å². The van der Waals surface area contributed by atoms with E-state index in [2.05, 4.69) is 16.9 Å². The number of hydrogen-bond acceptors (Lipinski definition) is 4. The molecular weight excluding hydrogens is 260 g/mol. The van der Waals surface area contributed by atoms with Crippen LogP contribution in [-0.4, -0.2) is 20.8 Å². The van der Waals surface area contributed by atoms with Gasteiger partial charge in [0.25, 0.3) is 5.56 Å². The average Bonchev–Trinajstić information content (AvgIpc) is 2.39. The molecule has 0 aliphatic rings. The van der Waals surface area contributed by atoms with Gasteiger partial charge in [0.1, 0.15) is 5.82 Å². The fourth-order valence-electron chi connectivity index (χ4n) is 1.82. The van der Waals surface area contributed by atoms with Crippen LogP contribution in [0.2, 0.25) is 0 Å². The van der Waals surface area contributed by atoms with Gasteiger partial charge in [-0.05, 0) is 24.3 Å². The van der Waals surface area contributed by atoms with Gasteiger partial charge in [0.2, 0.25) is 5.88 Å². The lowest BCUT2D eigenvalue weighted by Gasteiger charge is -2.05. The summed E-state index contributed by atoms with van der Waals surface area (Å²) in [5, 5.41) is 9.74. The lowest BCUT2D eigenvalue weighted by Crippen LogP contribution is -2.14. The lowest BCUT2D eigenvalue weighted by atomic mass is 10.2. The minimum Gasteiger partial charge on any atom is -0.493 e. The molecule has 0 bridgehead atoms. The van der Waals surface area contributed by atoms with Gasteiger partial charge in [0.05, 0.1) is 5.56 Å². The van der Waals surface area contributed by atoms with Crippen molar-refractivity contribution in [2.24, 2.45) is 0 Å². The minimum atomic E-state index is -0.281. The molecule has 1 aromatic carbocycles. The summed E-state index contributed by atoms with van der Waals surface area (Å²) < 4.78 is 0. The Morgan fingerprint density at radius 2 is 1.95 bits per heavy atom. The maximum absolute atomic E-state index is 11.8. The third-order valence-corrected chi connectivity index (χ3v) is 3.68. The molecule has 0 saturated carbocycles. The Morgan fingerprint density at radius 1 is 1.26 bits per heavy atom. The molecule has 2 N–H and O–H groups in total. The van der Waals surface area contributed by atoms with Crippen molar-refractivity contribution in [2.75, 3.05) is 5.75 Å². The van der Waals surface area contributed by atoms with Gasteiger partial charge in [-0.25, -0.2) is 0 Å². The summed E-state index contributed by atoms with van der Waals surface area (Å²) in [6.07, 6.45) is 0.459. The summed E-state index contributed by atoms with van der Waals surface area (Å²) in [6.45, 7) is 3.90. The number of aromatic nitrogens is 2. The van der Waals surface area contributed by atoms with E-state index in [1.807, 2.05) is 31.2 Å². The molecule has 0 saturated heterocycles. The first-order valence-corrected chi connectivity index (χ1v) is 7.19. The maximum atomic E-state index is 11.8. The molecule has 0 atom stereocenters. The number of aromatic hydroxyl groups is 1. The molecule has 1 aromatic heterocycles. The Morgan fingerprint density at radius 3 is 2.47 bits per heavy atom. The van der Waals surface area contributed by atoms with E-state index in [0.717, 1.165) is 11.3 Å². The Hall–Kier alpha value is -1.75. The lowest BCUT2D eigenvalue weighted by molar-refractivity contribution is 0.444. The number of aromatic amines is 1. The monoisotopic (exact) mass is 276 g/mol. The minimum absolute atomic E-state index is 0.187. The maximum Gasteiger partial charge on any atom is 0.258 e. The molecule has 5 heteroatoms. The number of H-pyrrole nitrogens is 1. The van der Waals surface area contributed by atoms with Crippen molar-refractivity contribution < 1.29 is 5.11 Å². The zero-order chi connectivity index (χ0) is 13.8. The number of hydrogen-bond donors (Lipinski definition) is 2. The molecule has 0 amide bonds. The molecule has 0 aliphatic carbocycles. The highest BCUT2D eigenvalue weighted by Crippen LogP contribution is 2.22. The van der Waals surface area contributed by atoms with E-state index in [4.69, 9.17) is 0 Å². The van der Waals surface area contributed by atoms with Crippen molar-refractivity contribution in [1.29, 1.82) is 0 Å². The predicted octanol–water partition coefficient (Wildman–Crippen LogP) is 2.82. The molecule has 1 heterocycles. The SMILES string of the molecule is CCSc1ccc(-c2nc(O)c(CC)c(=O)[nH]2)cc1. The number of benzene rings is 1. The van der Waals surface area contributed by atoms with Crippen molar-refractivity contribution in [1.82, 2.24) is 9.97 Å². The van der Waals surface area contributed by atoms with E-state index in [9.17, 15) is 9.90 Å². The van der Waals surface area contributed by atoms with E-state index >= 15 is 0 Å². The van der Waals surface area contributed by atoms with Gasteiger partial charge >= 0.3 is 0 Å². The second-order valence-corrected chi connectivity index (χ2v) is 5.37. The first-order chi connectivity index (χ1) is 9.15. The van der Waals surface area contributed by atoms with Crippen LogP contribution in [0.1, 0.15) is 19.4 Å². The molecule has 0 radical (unpaired) electrons. The number of nitrogens with one attached hydrogen (secondary N) is 1. The van der Waals surface area contributed by atoms with E-state index in [1.165, 1.54) is 4.90 Å². The summed E-state index contributed by atoms with van der Waals surface area (Å²) in [5.74, 6) is 1.22. The quantitative estimate of drug-likeness (QED) is 0.843. The first kappa shape index (κ1) is 13.7. The van der Waals surface area contributed by atoms with E-state index in [0.29, 0.717) is 17.8 Å². The Bertz CT molecular complexity index is 620. The van der Waals surface area contributed by atoms with E-state index < -0.39 is 0 Å². The van der Waals surface area contributed by atoms with Gasteiger partial charge in [0, 0.05) is 10.5 Å². The number of thioether (sulfide) groups is 1. The van der Waals surface area contributed by atoms with Crippen molar-refractivity contribution in [3.63, 3.8) is 0 Å². The Kier molecular flexibility index (Phi) is 4.27. The van der Waals surface area contributed by atoms with Gasteiger partial charge in [-0.1, -0.05) is 26.0 Å². The summed E-state index contributed by atoms with van der Waals surface area (Å²) in [7, 11) is 0. The van der Waals surface area contributed by atoms with Gasteiger partial charge in [-0.2, -0.15) is 4.98 Å². The van der Waals surface area contributed by atoms with Crippen molar-refractivity contribution >= 4 is 11.8 Å². The van der Waals surface area contributed by atoms with Crippen molar-refractivity contribution in [3.8, 4) is 17.3 Å². The van der Waals surface area contributed by atoms with Crippen LogP contribution in [0.5, 0.6) is 5.88 Å². The average molecular weight is 276 g/mol. The van der Waals surface area contributed by atoms with Gasteiger partial charge in [-0.15, -0.1) is 11.8 Å². The fourth-order valence-corrected chi connectivity index (χ4v) is 2.48. The first-order valence-electron chi connectivity index (χ1n) is 6.21. The van der Waals surface area contributed by atoms with Crippen LogP contribution in [-0.2, 0) is 6.42 Å². The Balaban J connectivity index is 2.39. The zero-order valence-electron chi connectivity index (χ0n) is 10.9. The normalized spacial score (nSPS) is 10.6. The smallest absolute Gasteiger partial charge is 0.258 e. The van der Waals surface area contributed by atoms with Crippen LogP contribution in [0.4, 0.5) is 0 Å². The molecule has 19 heavy (non-hydrogen) atoms. The molecule has 0 fully saturated rings. The van der Waals surface area contributed by atoms with Crippen LogP contribution in [0.15, 0.2) is 34.0 Å². The highest BCUT2D eigenvalue weighted by atomic mass is 32.2. The summed E-state index contributed by atoms with van der Waals surface area (Å²) in [4.78, 5) is 19.7. The molecule has 0 spiro atoms. The van der Waals surface area contributed by atoms with E-state index in [1.54, 1.807) is 11.8 Å². The molecule has 0 aliphatic heterocycles. The largest absolute Gasteiger partial charge is 0.493 e. The van der Waals surface area contributed by atoms with Crippen LogP contribution < -0.4 is 5.56 Å². The van der Waals surface area contributed by atoms with Crippen LogP contribution in [0.25, 0.3) is 11.4 Å². The second kappa shape index (κ2) is 5.93. The molecule has 4 nitrogen and oxygen atoms in total. The summed E-state index contributed by atoms with van der Waals surface area (Å²) in [6, 6.07) is 7.74. The fraction of sp³-hybridized carbons (Fsp3) is 0.286.